The molecule has 1 nitrogen and oxygen atoms in total. The molecule has 22 heavy (non-hydrogen) atoms. The predicted octanol–water partition coefficient (Wildman–Crippen LogP) is 5.89. The molecule has 0 amide bonds. The van der Waals surface area contributed by atoms with Crippen molar-refractivity contribution in [1.29, 1.82) is 0 Å². The van der Waals surface area contributed by atoms with Gasteiger partial charge in [0, 0.05) is 0 Å². The van der Waals surface area contributed by atoms with Crippen molar-refractivity contribution in [1.82, 2.24) is 4.98 Å². The number of hydrogen-bond acceptors (Lipinski definition) is 0. The van der Waals surface area contributed by atoms with Crippen molar-refractivity contribution in [2.75, 3.05) is 0 Å². The molecule has 0 aromatic carbocycles. The van der Waals surface area contributed by atoms with E-state index in [2.05, 4.69) is 83.1 Å². The zero-order valence-electron chi connectivity index (χ0n) is 14.7. The molecule has 0 saturated carbocycles. The number of rotatable bonds is 2. The molecule has 0 atom stereocenters. The molecule has 0 fully saturated rings. The molecule has 0 aliphatic heterocycles. The van der Waals surface area contributed by atoms with E-state index >= 15 is 0 Å². The van der Waals surface area contributed by atoms with Crippen LogP contribution in [0.25, 0.3) is 0 Å². The number of H-pyrrole nitrogens is 1. The van der Waals surface area contributed by atoms with Crippen molar-refractivity contribution in [3.63, 3.8) is 0 Å². The molecule has 0 unspecified atom stereocenters. The van der Waals surface area contributed by atoms with Crippen LogP contribution in [-0.2, 0) is 14.8 Å². The van der Waals surface area contributed by atoms with Crippen LogP contribution >= 0.6 is 24.8 Å². The van der Waals surface area contributed by atoms with E-state index in [0.717, 1.165) is 6.42 Å². The summed E-state index contributed by atoms with van der Waals surface area (Å²) in [4.78, 5) is 8.68. The first kappa shape index (κ1) is 21.9. The van der Waals surface area contributed by atoms with Gasteiger partial charge in [0.25, 0.3) is 0 Å². The first-order chi connectivity index (χ1) is 9.04. The number of allylic oxidation sites excluding steroid dienone is 4. The molecule has 126 valence electrons. The standard InChI is InChI=1S/C5H5.C4H4N.2C4H9.CH2.2ClH.Ti/c2*1-2-4-5-3-1;2*1-4(2)3;;;;/h1-3H,4H2;1-3,5H;2*1-3H3;1H2;2*1H;. The number of halogens is 2. The van der Waals surface area contributed by atoms with Gasteiger partial charge < -0.3 is 0 Å². The van der Waals surface area contributed by atoms with Crippen LogP contribution < -0.4 is 4.00 Å². The van der Waals surface area contributed by atoms with Crippen molar-refractivity contribution < 1.29 is 14.8 Å². The Labute approximate surface area is 148 Å². The molecule has 2 rings (SSSR count). The molecule has 0 spiro atoms. The Kier molecular flexibility index (Phi) is 6.41. The van der Waals surface area contributed by atoms with Crippen LogP contribution in [0.15, 0.2) is 40.4 Å². The second-order valence-corrected chi connectivity index (χ2v) is 19.4. The molecule has 1 aliphatic rings. The van der Waals surface area contributed by atoms with Crippen LogP contribution in [0.4, 0.5) is 0 Å². The molecule has 1 aliphatic carbocycles. The molecule has 1 heterocycles. The topological polar surface area (TPSA) is 15.8 Å². The fraction of sp³-hybridized carbons (Fsp3) is 0.500. The maximum atomic E-state index is 5.12. The van der Waals surface area contributed by atoms with E-state index in [1.165, 1.54) is 4.00 Å². The quantitative estimate of drug-likeness (QED) is 0.617. The first-order valence-corrected chi connectivity index (χ1v) is 11.8. The number of hydrogen-bond donors (Lipinski definition) is 1. The van der Waals surface area contributed by atoms with Gasteiger partial charge in [-0.1, -0.05) is 0 Å². The molecule has 0 radical (unpaired) electrons. The third-order valence-corrected chi connectivity index (χ3v) is 21.5. The Balaban J connectivity index is 0.00000220. The number of nitrogens with one attached hydrogen (secondary N) is 1. The zero-order chi connectivity index (χ0) is 15.3. The van der Waals surface area contributed by atoms with Crippen molar-refractivity contribution in [3.8, 4) is 0 Å². The SMILES string of the molecule is Cl.Cl.[CH2]=[Ti]([C]1=CC=CC1)([c]1ccc[nH]1)([C](C)(C)C)[C](C)(C)C. The molecular weight excluding hydrogens is 349 g/mol. The van der Waals surface area contributed by atoms with Crippen LogP contribution in [0.5, 0.6) is 0 Å². The third kappa shape index (κ3) is 2.45. The van der Waals surface area contributed by atoms with Crippen LogP contribution in [0, 0.1) is 0 Å². The van der Waals surface area contributed by atoms with E-state index in [1.54, 1.807) is 3.88 Å². The van der Waals surface area contributed by atoms with Gasteiger partial charge in [0.1, 0.15) is 0 Å². The fourth-order valence-electron chi connectivity index (χ4n) is 4.60. The monoisotopic (exact) mass is 379 g/mol. The molecular formula is C18H31Cl2NTi. The summed E-state index contributed by atoms with van der Waals surface area (Å²) in [6.45, 7) is 14.3. The predicted molar refractivity (Wildman–Crippen MR) is 103 cm³/mol. The Morgan fingerprint density at radius 3 is 1.91 bits per heavy atom. The Bertz CT molecular complexity index is 605. The second-order valence-electron chi connectivity index (χ2n) is 8.37. The van der Waals surface area contributed by atoms with E-state index in [4.69, 9.17) is 4.82 Å². The fourth-order valence-corrected chi connectivity index (χ4v) is 17.1. The van der Waals surface area contributed by atoms with Gasteiger partial charge in [-0.3, -0.25) is 0 Å². The minimum absolute atomic E-state index is 0. The average Bonchev–Trinajstić information content (AvgIpc) is 2.98. The van der Waals surface area contributed by atoms with Crippen LogP contribution in [0.3, 0.4) is 0 Å². The normalized spacial score (nSPS) is 15.9. The molecule has 1 N–H and O–H groups in total. The van der Waals surface area contributed by atoms with Gasteiger partial charge in [-0.2, -0.15) is 0 Å². The molecule has 0 bridgehead atoms. The number of aromatic amines is 1. The van der Waals surface area contributed by atoms with Gasteiger partial charge >= 0.3 is 124 Å². The third-order valence-electron chi connectivity index (χ3n) is 5.98. The van der Waals surface area contributed by atoms with Gasteiger partial charge in [0.05, 0.1) is 0 Å². The van der Waals surface area contributed by atoms with Gasteiger partial charge in [-0.05, 0) is 0 Å². The summed E-state index contributed by atoms with van der Waals surface area (Å²) in [6, 6.07) is 4.41. The number of aromatic nitrogens is 1. The van der Waals surface area contributed by atoms with E-state index in [1.807, 2.05) is 0 Å². The van der Waals surface area contributed by atoms with Crippen LogP contribution in [0.2, 0.25) is 7.44 Å². The molecule has 0 saturated heterocycles. The van der Waals surface area contributed by atoms with Crippen LogP contribution in [0.1, 0.15) is 48.0 Å². The minimum atomic E-state index is -3.49. The van der Waals surface area contributed by atoms with E-state index in [9.17, 15) is 0 Å². The van der Waals surface area contributed by atoms with Crippen molar-refractivity contribution in [3.05, 3.63) is 40.4 Å². The Morgan fingerprint density at radius 1 is 1.05 bits per heavy atom. The second kappa shape index (κ2) is 6.44. The van der Waals surface area contributed by atoms with Gasteiger partial charge in [0.2, 0.25) is 0 Å². The van der Waals surface area contributed by atoms with E-state index < -0.39 is 14.8 Å². The summed E-state index contributed by atoms with van der Waals surface area (Å²) in [6.07, 6.45) is 9.97. The Hall–Kier alpha value is -0.0757. The summed E-state index contributed by atoms with van der Waals surface area (Å²) in [5.74, 6) is 0. The van der Waals surface area contributed by atoms with Gasteiger partial charge in [0.15, 0.2) is 0 Å². The molecule has 1 aromatic heterocycles. The summed E-state index contributed by atoms with van der Waals surface area (Å²) in [5.41, 5.74) is 0. The van der Waals surface area contributed by atoms with Gasteiger partial charge in [-0.25, -0.2) is 0 Å². The maximum absolute atomic E-state index is 5.12. The van der Waals surface area contributed by atoms with Gasteiger partial charge in [-0.15, -0.1) is 24.8 Å². The zero-order valence-corrected chi connectivity index (χ0v) is 17.9. The summed E-state index contributed by atoms with van der Waals surface area (Å²) < 4.78 is 3.32. The van der Waals surface area contributed by atoms with Crippen molar-refractivity contribution in [2.24, 2.45) is 0 Å². The first-order valence-electron chi connectivity index (χ1n) is 7.56. The van der Waals surface area contributed by atoms with Crippen molar-refractivity contribution >= 4 is 33.6 Å². The summed E-state index contributed by atoms with van der Waals surface area (Å²) >= 11 is -3.49. The van der Waals surface area contributed by atoms with Crippen LogP contribution in [-0.4, -0.2) is 9.80 Å². The molecule has 1 aromatic rings. The average molecular weight is 380 g/mol. The van der Waals surface area contributed by atoms with E-state index in [-0.39, 0.29) is 32.3 Å². The van der Waals surface area contributed by atoms with Crippen molar-refractivity contribution in [2.45, 2.75) is 55.4 Å². The summed E-state index contributed by atoms with van der Waals surface area (Å²) in [7, 11) is 0. The Morgan fingerprint density at radius 2 is 1.59 bits per heavy atom. The molecule has 4 heteroatoms. The summed E-state index contributed by atoms with van der Waals surface area (Å²) in [5, 5.41) is 0. The van der Waals surface area contributed by atoms with E-state index in [0.29, 0.717) is 0 Å².